The van der Waals surface area contributed by atoms with E-state index in [-0.39, 0.29) is 17.2 Å². The molecule has 0 saturated heterocycles. The first-order valence-corrected chi connectivity index (χ1v) is 8.12. The first kappa shape index (κ1) is 17.5. The summed E-state index contributed by atoms with van der Waals surface area (Å²) in [6.45, 7) is 4.76. The van der Waals surface area contributed by atoms with E-state index >= 15 is 0 Å². The summed E-state index contributed by atoms with van der Waals surface area (Å²) in [5.41, 5.74) is -0.787. The van der Waals surface area contributed by atoms with Gasteiger partial charge in [-0.05, 0) is 38.4 Å². The lowest BCUT2D eigenvalue weighted by Crippen LogP contribution is -2.25. The summed E-state index contributed by atoms with van der Waals surface area (Å²) >= 11 is 0.227. The van der Waals surface area contributed by atoms with Crippen LogP contribution in [0.4, 0.5) is 13.2 Å². The van der Waals surface area contributed by atoms with Gasteiger partial charge in [0.1, 0.15) is 33.6 Å². The van der Waals surface area contributed by atoms with Gasteiger partial charge in [0.25, 0.3) is 0 Å². The first-order chi connectivity index (χ1) is 11.6. The third-order valence-corrected chi connectivity index (χ3v) is 4.18. The number of carbonyl (C=O) groups excluding carboxylic acids is 1. The predicted molar refractivity (Wildman–Crippen MR) is 87.5 cm³/mol. The molecule has 3 rings (SSSR count). The van der Waals surface area contributed by atoms with Crippen LogP contribution in [0.1, 0.15) is 36.0 Å². The standard InChI is InChI=1S/C17H14F3NO3S/c1-16(2,3)24-15(22)12-13(21-25-14(12)17(18,19)20)10-8-23-11-7-5-4-6-9(10)11/h4-8H,1-3H3. The predicted octanol–water partition coefficient (Wildman–Crippen LogP) is 5.53. The van der Waals surface area contributed by atoms with E-state index in [0.29, 0.717) is 16.5 Å². The number of carbonyl (C=O) groups is 1. The average Bonchev–Trinajstić information content (AvgIpc) is 3.08. The van der Waals surface area contributed by atoms with Gasteiger partial charge < -0.3 is 9.15 Å². The van der Waals surface area contributed by atoms with Crippen LogP contribution in [-0.4, -0.2) is 15.9 Å². The van der Waals surface area contributed by atoms with Gasteiger partial charge in [0.15, 0.2) is 0 Å². The van der Waals surface area contributed by atoms with Crippen LogP contribution in [0.2, 0.25) is 0 Å². The first-order valence-electron chi connectivity index (χ1n) is 7.35. The van der Waals surface area contributed by atoms with Crippen molar-refractivity contribution in [2.75, 3.05) is 0 Å². The second-order valence-corrected chi connectivity index (χ2v) is 7.15. The number of esters is 1. The maximum absolute atomic E-state index is 13.3. The van der Waals surface area contributed by atoms with Gasteiger partial charge in [0.2, 0.25) is 0 Å². The normalized spacial score (nSPS) is 12.6. The Labute approximate surface area is 145 Å². The van der Waals surface area contributed by atoms with Crippen LogP contribution in [0.25, 0.3) is 22.2 Å². The van der Waals surface area contributed by atoms with E-state index in [4.69, 9.17) is 9.15 Å². The SMILES string of the molecule is CC(C)(C)OC(=O)c1c(-c2coc3ccccc23)nsc1C(F)(F)F. The van der Waals surface area contributed by atoms with Crippen molar-refractivity contribution < 1.29 is 27.1 Å². The fourth-order valence-corrected chi connectivity index (χ4v) is 3.09. The molecule has 0 fully saturated rings. The van der Waals surface area contributed by atoms with Crippen LogP contribution in [0.15, 0.2) is 34.9 Å². The Morgan fingerprint density at radius 1 is 1.20 bits per heavy atom. The van der Waals surface area contributed by atoms with E-state index in [1.54, 1.807) is 45.0 Å². The molecule has 132 valence electrons. The Balaban J connectivity index is 2.21. The quantitative estimate of drug-likeness (QED) is 0.557. The van der Waals surface area contributed by atoms with Crippen LogP contribution in [0.5, 0.6) is 0 Å². The summed E-state index contributed by atoms with van der Waals surface area (Å²) in [6, 6.07) is 6.85. The molecule has 0 amide bonds. The third kappa shape index (κ3) is 3.39. The van der Waals surface area contributed by atoms with Gasteiger partial charge in [-0.3, -0.25) is 0 Å². The topological polar surface area (TPSA) is 52.3 Å². The maximum Gasteiger partial charge on any atom is 0.428 e. The Morgan fingerprint density at radius 2 is 1.88 bits per heavy atom. The fraction of sp³-hybridized carbons (Fsp3) is 0.294. The minimum Gasteiger partial charge on any atom is -0.464 e. The highest BCUT2D eigenvalue weighted by Crippen LogP contribution is 2.42. The van der Waals surface area contributed by atoms with Crippen molar-refractivity contribution >= 4 is 28.5 Å². The van der Waals surface area contributed by atoms with Crippen molar-refractivity contribution in [3.63, 3.8) is 0 Å². The van der Waals surface area contributed by atoms with Crippen molar-refractivity contribution in [1.82, 2.24) is 4.37 Å². The van der Waals surface area contributed by atoms with E-state index in [0.717, 1.165) is 0 Å². The number of ether oxygens (including phenoxy) is 1. The smallest absolute Gasteiger partial charge is 0.428 e. The third-order valence-electron chi connectivity index (χ3n) is 3.29. The molecule has 0 spiro atoms. The highest BCUT2D eigenvalue weighted by molar-refractivity contribution is 7.06. The molecule has 0 radical (unpaired) electrons. The molecular formula is C17H14F3NO3S. The van der Waals surface area contributed by atoms with Gasteiger partial charge in [-0.2, -0.15) is 17.5 Å². The number of hydrogen-bond acceptors (Lipinski definition) is 5. The van der Waals surface area contributed by atoms with E-state index in [1.807, 2.05) is 0 Å². The van der Waals surface area contributed by atoms with Crippen LogP contribution >= 0.6 is 11.5 Å². The van der Waals surface area contributed by atoms with Crippen molar-refractivity contribution in [3.05, 3.63) is 41.0 Å². The number of para-hydroxylation sites is 1. The zero-order valence-corrected chi connectivity index (χ0v) is 14.4. The van der Waals surface area contributed by atoms with Gasteiger partial charge in [-0.25, -0.2) is 4.79 Å². The maximum atomic E-state index is 13.3. The van der Waals surface area contributed by atoms with Gasteiger partial charge >= 0.3 is 12.1 Å². The van der Waals surface area contributed by atoms with E-state index in [1.165, 1.54) is 6.26 Å². The number of alkyl halides is 3. The molecule has 4 nitrogen and oxygen atoms in total. The van der Waals surface area contributed by atoms with Crippen molar-refractivity contribution in [2.45, 2.75) is 32.5 Å². The number of fused-ring (bicyclic) bond motifs is 1. The van der Waals surface area contributed by atoms with Crippen LogP contribution in [0.3, 0.4) is 0 Å². The Hall–Kier alpha value is -2.35. The molecule has 8 heteroatoms. The molecule has 0 saturated carbocycles. The number of hydrogen-bond donors (Lipinski definition) is 0. The molecule has 0 unspecified atom stereocenters. The molecule has 0 bridgehead atoms. The monoisotopic (exact) mass is 369 g/mol. The van der Waals surface area contributed by atoms with Gasteiger partial charge in [-0.15, -0.1) is 0 Å². The number of furan rings is 1. The number of aromatic nitrogens is 1. The average molecular weight is 369 g/mol. The fourth-order valence-electron chi connectivity index (χ4n) is 2.35. The summed E-state index contributed by atoms with van der Waals surface area (Å²) in [5, 5.41) is 0.575. The molecule has 25 heavy (non-hydrogen) atoms. The zero-order chi connectivity index (χ0) is 18.4. The summed E-state index contributed by atoms with van der Waals surface area (Å²) in [7, 11) is 0. The summed E-state index contributed by atoms with van der Waals surface area (Å²) in [5.74, 6) is -1.06. The largest absolute Gasteiger partial charge is 0.464 e. The van der Waals surface area contributed by atoms with Crippen LogP contribution < -0.4 is 0 Å². The van der Waals surface area contributed by atoms with Crippen molar-refractivity contribution in [3.8, 4) is 11.3 Å². The van der Waals surface area contributed by atoms with Crippen LogP contribution in [-0.2, 0) is 10.9 Å². The summed E-state index contributed by atoms with van der Waals surface area (Å²) < 4.78 is 54.5. The highest BCUT2D eigenvalue weighted by atomic mass is 32.1. The summed E-state index contributed by atoms with van der Waals surface area (Å²) in [4.78, 5) is 11.4. The molecule has 1 aromatic carbocycles. The Bertz CT molecular complexity index is 935. The van der Waals surface area contributed by atoms with E-state index in [9.17, 15) is 18.0 Å². The molecule has 0 aliphatic carbocycles. The lowest BCUT2D eigenvalue weighted by atomic mass is 10.0. The Kier molecular flexibility index (Phi) is 4.10. The van der Waals surface area contributed by atoms with Gasteiger partial charge in [0.05, 0.1) is 0 Å². The number of halogens is 3. The number of benzene rings is 1. The highest BCUT2D eigenvalue weighted by Gasteiger charge is 2.41. The zero-order valence-electron chi connectivity index (χ0n) is 13.6. The van der Waals surface area contributed by atoms with E-state index in [2.05, 4.69) is 4.37 Å². The Morgan fingerprint density at radius 3 is 2.52 bits per heavy atom. The molecular weight excluding hydrogens is 355 g/mol. The number of rotatable bonds is 2. The number of nitrogens with zero attached hydrogens (tertiary/aromatic N) is 1. The van der Waals surface area contributed by atoms with E-state index < -0.39 is 28.2 Å². The van der Waals surface area contributed by atoms with Crippen molar-refractivity contribution in [2.24, 2.45) is 0 Å². The van der Waals surface area contributed by atoms with Crippen molar-refractivity contribution in [1.29, 1.82) is 0 Å². The lowest BCUT2D eigenvalue weighted by Gasteiger charge is -2.20. The minimum absolute atomic E-state index is 0.0866. The van der Waals surface area contributed by atoms with Gasteiger partial charge in [-0.1, -0.05) is 18.2 Å². The van der Waals surface area contributed by atoms with Crippen LogP contribution in [0, 0.1) is 0 Å². The molecule has 0 aliphatic rings. The molecule has 0 aliphatic heterocycles. The minimum atomic E-state index is -4.71. The molecule has 3 aromatic rings. The molecule has 2 aromatic heterocycles. The van der Waals surface area contributed by atoms with Gasteiger partial charge in [0, 0.05) is 10.9 Å². The molecule has 0 N–H and O–H groups in total. The lowest BCUT2D eigenvalue weighted by molar-refractivity contribution is -0.135. The molecule has 2 heterocycles. The summed E-state index contributed by atoms with van der Waals surface area (Å²) in [6.07, 6.45) is -3.41. The molecule has 0 atom stereocenters. The second-order valence-electron chi connectivity index (χ2n) is 6.38. The second kappa shape index (κ2) is 5.87.